The molecule has 2 fully saturated rings. The van der Waals surface area contributed by atoms with Crippen LogP contribution >= 0.6 is 0 Å². The number of anilines is 1. The van der Waals surface area contributed by atoms with Gasteiger partial charge >= 0.3 is 5.97 Å². The lowest BCUT2D eigenvalue weighted by molar-refractivity contribution is -0.159. The van der Waals surface area contributed by atoms with Crippen molar-refractivity contribution in [3.05, 3.63) is 29.2 Å². The topological polar surface area (TPSA) is 78.8 Å². The summed E-state index contributed by atoms with van der Waals surface area (Å²) in [6.45, 7) is 17.0. The van der Waals surface area contributed by atoms with Crippen LogP contribution in [0.25, 0.3) is 0 Å². The maximum atomic E-state index is 11.8. The highest BCUT2D eigenvalue weighted by atomic mass is 16.5. The van der Waals surface area contributed by atoms with Crippen LogP contribution in [0, 0.1) is 37.5 Å². The molecule has 1 saturated carbocycles. The molecular formula is C27H42N4O3. The molecule has 7 heteroatoms. The van der Waals surface area contributed by atoms with E-state index in [4.69, 9.17) is 9.72 Å². The van der Waals surface area contributed by atoms with Crippen LogP contribution < -0.4 is 4.90 Å². The summed E-state index contributed by atoms with van der Waals surface area (Å²) in [5, 5.41) is 11.8. The van der Waals surface area contributed by atoms with Crippen LogP contribution in [0.2, 0.25) is 0 Å². The fourth-order valence-electron chi connectivity index (χ4n) is 6.51. The number of carbonyl (C=O) groups is 1. The number of piperazine rings is 1. The number of aliphatic hydroxyl groups is 1. The van der Waals surface area contributed by atoms with Crippen molar-refractivity contribution >= 4 is 11.8 Å². The normalized spacial score (nSPS) is 33.1. The van der Waals surface area contributed by atoms with Gasteiger partial charge in [-0.3, -0.25) is 14.7 Å². The highest BCUT2D eigenvalue weighted by Crippen LogP contribution is 2.51. The first-order valence-corrected chi connectivity index (χ1v) is 12.9. The molecule has 4 rings (SSSR count). The Bertz CT molecular complexity index is 926. The molecule has 3 aliphatic rings. The Labute approximate surface area is 204 Å². The van der Waals surface area contributed by atoms with Crippen LogP contribution in [0.1, 0.15) is 58.3 Å². The van der Waals surface area contributed by atoms with E-state index < -0.39 is 5.60 Å². The largest absolute Gasteiger partial charge is 0.458 e. The van der Waals surface area contributed by atoms with Gasteiger partial charge in [-0.1, -0.05) is 19.9 Å². The molecule has 7 nitrogen and oxygen atoms in total. The number of fused-ring (bicyclic) bond motifs is 1. The van der Waals surface area contributed by atoms with Crippen molar-refractivity contribution in [2.24, 2.45) is 23.7 Å². The second kappa shape index (κ2) is 9.94. The minimum Gasteiger partial charge on any atom is -0.458 e. The number of rotatable bonds is 5. The minimum atomic E-state index is -0.809. The molecule has 0 spiro atoms. The Morgan fingerprint density at radius 1 is 1.24 bits per heavy atom. The van der Waals surface area contributed by atoms with Gasteiger partial charge in [-0.2, -0.15) is 0 Å². The van der Waals surface area contributed by atoms with Crippen LogP contribution in [-0.4, -0.2) is 70.4 Å². The fraction of sp³-hybridized carbons (Fsp3) is 0.741. The van der Waals surface area contributed by atoms with Gasteiger partial charge in [0.25, 0.3) is 0 Å². The summed E-state index contributed by atoms with van der Waals surface area (Å²) in [7, 11) is 0. The zero-order valence-corrected chi connectivity index (χ0v) is 21.8. The summed E-state index contributed by atoms with van der Waals surface area (Å²) in [4.78, 5) is 25.7. The van der Waals surface area contributed by atoms with Crippen molar-refractivity contribution in [2.75, 3.05) is 37.6 Å². The number of hydrogen-bond acceptors (Lipinski definition) is 7. The standard InChI is InChI=1S/C27H42N4O3/c1-17-13-24-23(8-7-19(3)27(24,33)14-25(17)34-22(6)32)18(2)16-30-9-11-31(12-10-30)26-21(5)28-15-20(4)29-26/h13,15,18-19,23-25,33H,7-12,14,16H2,1-6H3/t18-,19-,23+,24-,25-,27-/m1/s1. The average molecular weight is 471 g/mol. The summed E-state index contributed by atoms with van der Waals surface area (Å²) >= 11 is 0. The molecule has 1 aromatic heterocycles. The Kier molecular flexibility index (Phi) is 7.34. The first-order chi connectivity index (χ1) is 16.1. The Balaban J connectivity index is 1.41. The molecule has 1 aromatic rings. The van der Waals surface area contributed by atoms with Crippen molar-refractivity contribution < 1.29 is 14.6 Å². The molecule has 34 heavy (non-hydrogen) atoms. The maximum absolute atomic E-state index is 11.8. The lowest BCUT2D eigenvalue weighted by atomic mass is 9.57. The van der Waals surface area contributed by atoms with Gasteiger partial charge in [0.2, 0.25) is 0 Å². The first kappa shape index (κ1) is 25.1. The second-order valence-corrected chi connectivity index (χ2v) is 11.1. The third-order valence-corrected chi connectivity index (χ3v) is 8.60. The van der Waals surface area contributed by atoms with Gasteiger partial charge in [0, 0.05) is 58.2 Å². The van der Waals surface area contributed by atoms with E-state index in [9.17, 15) is 9.90 Å². The van der Waals surface area contributed by atoms with Crippen molar-refractivity contribution in [1.29, 1.82) is 0 Å². The van der Waals surface area contributed by atoms with E-state index in [1.165, 1.54) is 6.92 Å². The van der Waals surface area contributed by atoms with Gasteiger partial charge in [0.15, 0.2) is 0 Å². The number of nitrogens with zero attached hydrogens (tertiary/aromatic N) is 4. The Morgan fingerprint density at radius 2 is 1.94 bits per heavy atom. The molecule has 0 aromatic carbocycles. The maximum Gasteiger partial charge on any atom is 0.303 e. The highest BCUT2D eigenvalue weighted by Gasteiger charge is 2.52. The van der Waals surface area contributed by atoms with Crippen LogP contribution in [0.15, 0.2) is 17.8 Å². The lowest BCUT2D eigenvalue weighted by Gasteiger charge is -2.53. The average Bonchev–Trinajstić information content (AvgIpc) is 2.78. The molecule has 6 atom stereocenters. The number of carbonyl (C=O) groups excluding carboxylic acids is 1. The van der Waals surface area contributed by atoms with E-state index in [0.29, 0.717) is 18.3 Å². The van der Waals surface area contributed by atoms with E-state index in [-0.39, 0.29) is 23.9 Å². The number of aryl methyl sites for hydroxylation is 2. The predicted octanol–water partition coefficient (Wildman–Crippen LogP) is 3.53. The van der Waals surface area contributed by atoms with E-state index in [1.807, 2.05) is 27.0 Å². The van der Waals surface area contributed by atoms with Crippen LogP contribution in [0.3, 0.4) is 0 Å². The molecule has 0 amide bonds. The molecule has 1 N–H and O–H groups in total. The molecule has 1 aliphatic heterocycles. The van der Waals surface area contributed by atoms with E-state index in [2.05, 4.69) is 34.7 Å². The van der Waals surface area contributed by atoms with Gasteiger partial charge in [-0.05, 0) is 56.9 Å². The third kappa shape index (κ3) is 5.01. The molecule has 0 bridgehead atoms. The van der Waals surface area contributed by atoms with E-state index in [0.717, 1.165) is 68.3 Å². The summed E-state index contributed by atoms with van der Waals surface area (Å²) in [5.74, 6) is 1.96. The minimum absolute atomic E-state index is 0.115. The van der Waals surface area contributed by atoms with E-state index in [1.54, 1.807) is 0 Å². The van der Waals surface area contributed by atoms with Gasteiger partial charge in [0.05, 0.1) is 17.0 Å². The smallest absolute Gasteiger partial charge is 0.303 e. The van der Waals surface area contributed by atoms with Crippen molar-refractivity contribution in [1.82, 2.24) is 14.9 Å². The van der Waals surface area contributed by atoms with Crippen molar-refractivity contribution in [3.8, 4) is 0 Å². The second-order valence-electron chi connectivity index (χ2n) is 11.1. The van der Waals surface area contributed by atoms with Crippen molar-refractivity contribution in [3.63, 3.8) is 0 Å². The number of hydrogen-bond donors (Lipinski definition) is 1. The van der Waals surface area contributed by atoms with Crippen LogP contribution in [-0.2, 0) is 9.53 Å². The van der Waals surface area contributed by atoms with E-state index >= 15 is 0 Å². The number of esters is 1. The first-order valence-electron chi connectivity index (χ1n) is 12.9. The SMILES string of the molecule is CC(=O)O[C@@H]1C[C@@]2(O)[C@H](C)CC[C@@H]([C@H](C)CN3CCN(c4nc(C)cnc4C)CC3)[C@H]2C=C1C. The van der Waals surface area contributed by atoms with Gasteiger partial charge in [-0.15, -0.1) is 0 Å². The molecule has 188 valence electrons. The van der Waals surface area contributed by atoms with Gasteiger partial charge in [-0.25, -0.2) is 4.98 Å². The summed E-state index contributed by atoms with van der Waals surface area (Å²) in [6, 6.07) is 0. The number of ether oxygens (including phenoxy) is 1. The summed E-state index contributed by atoms with van der Waals surface area (Å²) in [5.41, 5.74) is 2.23. The molecular weight excluding hydrogens is 428 g/mol. The lowest BCUT2D eigenvalue weighted by Crippen LogP contribution is -2.56. The van der Waals surface area contributed by atoms with Crippen LogP contribution in [0.5, 0.6) is 0 Å². The van der Waals surface area contributed by atoms with Crippen molar-refractivity contribution in [2.45, 2.75) is 72.5 Å². The zero-order chi connectivity index (χ0) is 24.6. The Morgan fingerprint density at radius 3 is 2.62 bits per heavy atom. The highest BCUT2D eigenvalue weighted by molar-refractivity contribution is 5.66. The quantitative estimate of drug-likeness (QED) is 0.521. The monoisotopic (exact) mass is 470 g/mol. The number of aromatic nitrogens is 2. The fourth-order valence-corrected chi connectivity index (χ4v) is 6.51. The molecule has 2 heterocycles. The van der Waals surface area contributed by atoms with Gasteiger partial charge in [0.1, 0.15) is 11.9 Å². The molecule has 0 radical (unpaired) electrons. The predicted molar refractivity (Wildman–Crippen MR) is 134 cm³/mol. The molecule has 1 saturated heterocycles. The Hall–Kier alpha value is -1.99. The summed E-state index contributed by atoms with van der Waals surface area (Å²) < 4.78 is 5.56. The molecule has 2 aliphatic carbocycles. The third-order valence-electron chi connectivity index (χ3n) is 8.60. The summed E-state index contributed by atoms with van der Waals surface area (Å²) in [6.07, 6.45) is 6.41. The van der Waals surface area contributed by atoms with Gasteiger partial charge < -0.3 is 14.7 Å². The van der Waals surface area contributed by atoms with Crippen LogP contribution in [0.4, 0.5) is 5.82 Å². The molecule has 0 unspecified atom stereocenters. The zero-order valence-electron chi connectivity index (χ0n) is 21.8.